The van der Waals surface area contributed by atoms with Gasteiger partial charge in [0.15, 0.2) is 0 Å². The molecule has 1 fully saturated rings. The molecule has 26 heavy (non-hydrogen) atoms. The first-order valence-electron chi connectivity index (χ1n) is 9.40. The van der Waals surface area contributed by atoms with E-state index in [1.54, 1.807) is 0 Å². The van der Waals surface area contributed by atoms with Crippen molar-refractivity contribution in [3.63, 3.8) is 0 Å². The summed E-state index contributed by atoms with van der Waals surface area (Å²) < 4.78 is 0. The summed E-state index contributed by atoms with van der Waals surface area (Å²) in [5, 5.41) is 0. The summed E-state index contributed by atoms with van der Waals surface area (Å²) in [6.07, 6.45) is 0.984. The van der Waals surface area contributed by atoms with Crippen LogP contribution in [0.15, 0.2) is 60.9 Å². The van der Waals surface area contributed by atoms with Gasteiger partial charge in [-0.25, -0.2) is 0 Å². The fraction of sp³-hybridized carbons (Fsp3) is 0.364. The number of para-hydroxylation sites is 2. The maximum atomic E-state index is 4.47. The van der Waals surface area contributed by atoms with Crippen LogP contribution in [0.4, 0.5) is 11.4 Å². The molecule has 4 nitrogen and oxygen atoms in total. The molecular formula is C22H28N4. The minimum Gasteiger partial charge on any atom is -0.348 e. The highest BCUT2D eigenvalue weighted by atomic mass is 15.4. The number of hydrogen-bond donors (Lipinski definition) is 0. The average molecular weight is 348 g/mol. The van der Waals surface area contributed by atoms with Crippen molar-refractivity contribution >= 4 is 11.4 Å². The zero-order valence-corrected chi connectivity index (χ0v) is 15.9. The molecule has 1 saturated heterocycles. The largest absolute Gasteiger partial charge is 0.348 e. The Kier molecular flexibility index (Phi) is 4.70. The number of likely N-dealkylation sites (N-methyl/N-ethyl adjacent to an activating group) is 1. The third-order valence-electron chi connectivity index (χ3n) is 5.55. The lowest BCUT2D eigenvalue weighted by atomic mass is 9.95. The van der Waals surface area contributed by atoms with Gasteiger partial charge in [-0.1, -0.05) is 43.0 Å². The van der Waals surface area contributed by atoms with Crippen molar-refractivity contribution in [1.29, 1.82) is 0 Å². The average Bonchev–Trinajstić information content (AvgIpc) is 2.67. The van der Waals surface area contributed by atoms with Gasteiger partial charge < -0.3 is 9.80 Å². The zero-order chi connectivity index (χ0) is 18.1. The molecule has 0 aromatic heterocycles. The number of rotatable bonds is 4. The van der Waals surface area contributed by atoms with Crippen LogP contribution in [0.1, 0.15) is 11.1 Å². The predicted octanol–water partition coefficient (Wildman–Crippen LogP) is 3.34. The van der Waals surface area contributed by atoms with Crippen molar-refractivity contribution in [2.45, 2.75) is 6.42 Å². The Morgan fingerprint density at radius 2 is 1.46 bits per heavy atom. The molecule has 136 valence electrons. The van der Waals surface area contributed by atoms with E-state index in [0.29, 0.717) is 0 Å². The topological polar surface area (TPSA) is 13.0 Å². The molecule has 0 unspecified atom stereocenters. The molecule has 0 atom stereocenters. The highest BCUT2D eigenvalue weighted by molar-refractivity contribution is 5.77. The van der Waals surface area contributed by atoms with E-state index in [1.165, 1.54) is 22.5 Å². The van der Waals surface area contributed by atoms with Crippen LogP contribution in [0, 0.1) is 0 Å². The molecule has 4 rings (SSSR count). The highest BCUT2D eigenvalue weighted by Gasteiger charge is 2.26. The second kappa shape index (κ2) is 7.14. The maximum absolute atomic E-state index is 4.47. The number of piperazine rings is 1. The first-order chi connectivity index (χ1) is 12.6. The van der Waals surface area contributed by atoms with E-state index >= 15 is 0 Å². The first kappa shape index (κ1) is 17.1. The minimum atomic E-state index is 0.910. The molecule has 2 aliphatic heterocycles. The molecule has 0 radical (unpaired) electrons. The fourth-order valence-electron chi connectivity index (χ4n) is 3.91. The molecule has 0 bridgehead atoms. The van der Waals surface area contributed by atoms with Crippen LogP contribution in [-0.4, -0.2) is 61.6 Å². The Hall–Kier alpha value is -2.30. The number of anilines is 2. The molecule has 0 amide bonds. The molecule has 0 N–H and O–H groups in total. The van der Waals surface area contributed by atoms with Gasteiger partial charge in [0, 0.05) is 39.6 Å². The molecule has 4 heteroatoms. The SMILES string of the molecule is C=C(N(C)CN1CCN(C)CC1)N1c2ccccc2Cc2ccccc21. The van der Waals surface area contributed by atoms with Gasteiger partial charge in [0.2, 0.25) is 0 Å². The van der Waals surface area contributed by atoms with Crippen molar-refractivity contribution in [2.24, 2.45) is 0 Å². The van der Waals surface area contributed by atoms with E-state index in [9.17, 15) is 0 Å². The number of hydrogen-bond acceptors (Lipinski definition) is 4. The van der Waals surface area contributed by atoms with Crippen LogP contribution in [0.2, 0.25) is 0 Å². The lowest BCUT2D eigenvalue weighted by Crippen LogP contribution is -2.48. The summed E-state index contributed by atoms with van der Waals surface area (Å²) in [5.41, 5.74) is 5.23. The van der Waals surface area contributed by atoms with Gasteiger partial charge in [-0.05, 0) is 30.3 Å². The smallest absolute Gasteiger partial charge is 0.106 e. The zero-order valence-electron chi connectivity index (χ0n) is 15.9. The van der Waals surface area contributed by atoms with E-state index in [-0.39, 0.29) is 0 Å². The van der Waals surface area contributed by atoms with Gasteiger partial charge in [-0.3, -0.25) is 9.80 Å². The van der Waals surface area contributed by atoms with E-state index in [2.05, 4.69) is 88.8 Å². The molecule has 0 spiro atoms. The van der Waals surface area contributed by atoms with Gasteiger partial charge in [-0.15, -0.1) is 0 Å². The van der Waals surface area contributed by atoms with Crippen LogP contribution in [0.5, 0.6) is 0 Å². The Balaban J connectivity index is 1.59. The van der Waals surface area contributed by atoms with Crippen LogP contribution in [0.25, 0.3) is 0 Å². The summed E-state index contributed by atoms with van der Waals surface area (Å²) in [6, 6.07) is 17.4. The Labute approximate surface area is 156 Å². The number of nitrogens with zero attached hydrogens (tertiary/aromatic N) is 4. The van der Waals surface area contributed by atoms with Crippen LogP contribution in [0.3, 0.4) is 0 Å². The summed E-state index contributed by atoms with van der Waals surface area (Å²) in [4.78, 5) is 9.50. The first-order valence-corrected chi connectivity index (χ1v) is 9.40. The molecule has 2 aromatic rings. The van der Waals surface area contributed by atoms with Crippen LogP contribution < -0.4 is 4.90 Å². The Bertz CT molecular complexity index is 747. The van der Waals surface area contributed by atoms with E-state index in [1.807, 2.05) is 0 Å². The van der Waals surface area contributed by atoms with Crippen molar-refractivity contribution in [1.82, 2.24) is 14.7 Å². The minimum absolute atomic E-state index is 0.910. The van der Waals surface area contributed by atoms with Gasteiger partial charge in [-0.2, -0.15) is 0 Å². The lowest BCUT2D eigenvalue weighted by molar-refractivity contribution is 0.110. The molecule has 2 aliphatic rings. The summed E-state index contributed by atoms with van der Waals surface area (Å²) >= 11 is 0. The second-order valence-electron chi connectivity index (χ2n) is 7.45. The normalized spacial score (nSPS) is 17.5. The Morgan fingerprint density at radius 1 is 0.923 bits per heavy atom. The standard InChI is InChI=1S/C22H28N4/c1-18(24(3)17-25-14-12-23(2)13-15-25)26-21-10-6-4-8-19(21)16-20-9-5-7-11-22(20)26/h4-11H,1,12-17H2,2-3H3. The molecular weight excluding hydrogens is 320 g/mol. The van der Waals surface area contributed by atoms with Gasteiger partial charge in [0.1, 0.15) is 5.82 Å². The van der Waals surface area contributed by atoms with Crippen molar-refractivity contribution in [2.75, 3.05) is 51.8 Å². The van der Waals surface area contributed by atoms with Crippen molar-refractivity contribution in [3.05, 3.63) is 72.1 Å². The van der Waals surface area contributed by atoms with Gasteiger partial charge in [0.25, 0.3) is 0 Å². The quantitative estimate of drug-likeness (QED) is 0.840. The maximum Gasteiger partial charge on any atom is 0.106 e. The summed E-state index contributed by atoms with van der Waals surface area (Å²) in [6.45, 7) is 9.88. The molecule has 0 aliphatic carbocycles. The summed E-state index contributed by atoms with van der Waals surface area (Å²) in [7, 11) is 4.35. The predicted molar refractivity (Wildman–Crippen MR) is 109 cm³/mol. The third-order valence-corrected chi connectivity index (χ3v) is 5.55. The van der Waals surface area contributed by atoms with Crippen LogP contribution >= 0.6 is 0 Å². The highest BCUT2D eigenvalue weighted by Crippen LogP contribution is 2.40. The van der Waals surface area contributed by atoms with Gasteiger partial charge in [0.05, 0.1) is 18.0 Å². The lowest BCUT2D eigenvalue weighted by Gasteiger charge is -2.41. The van der Waals surface area contributed by atoms with Crippen molar-refractivity contribution in [3.8, 4) is 0 Å². The van der Waals surface area contributed by atoms with Gasteiger partial charge >= 0.3 is 0 Å². The number of benzene rings is 2. The van der Waals surface area contributed by atoms with E-state index in [0.717, 1.165) is 45.1 Å². The van der Waals surface area contributed by atoms with E-state index < -0.39 is 0 Å². The third kappa shape index (κ3) is 3.22. The van der Waals surface area contributed by atoms with Crippen molar-refractivity contribution < 1.29 is 0 Å². The second-order valence-corrected chi connectivity index (χ2v) is 7.45. The molecule has 0 saturated carbocycles. The Morgan fingerprint density at radius 3 is 2.04 bits per heavy atom. The molecule has 2 aromatic carbocycles. The summed E-state index contributed by atoms with van der Waals surface area (Å²) in [5.74, 6) is 1.03. The monoisotopic (exact) mass is 348 g/mol. The number of fused-ring (bicyclic) bond motifs is 2. The van der Waals surface area contributed by atoms with Crippen LogP contribution in [-0.2, 0) is 6.42 Å². The molecule has 2 heterocycles. The van der Waals surface area contributed by atoms with E-state index in [4.69, 9.17) is 0 Å². The fourth-order valence-corrected chi connectivity index (χ4v) is 3.91.